The largest absolute Gasteiger partial charge is 0.379 e. The number of morpholine rings is 2. The number of aryl methyl sites for hydroxylation is 1. The molecule has 2 amide bonds. The van der Waals surface area contributed by atoms with E-state index in [4.69, 9.17) is 9.47 Å². The normalized spacial score (nSPS) is 15.5. The average molecular weight is 591 g/mol. The maximum Gasteiger partial charge on any atom is 0.255 e. The van der Waals surface area contributed by atoms with Gasteiger partial charge in [0.25, 0.3) is 11.8 Å². The zero-order chi connectivity index (χ0) is 30.3. The van der Waals surface area contributed by atoms with Crippen molar-refractivity contribution in [2.24, 2.45) is 0 Å². The Kier molecular flexibility index (Phi) is 9.31. The molecule has 0 atom stereocenters. The number of hydrogen-bond acceptors (Lipinski definition) is 6. The lowest BCUT2D eigenvalue weighted by molar-refractivity contribution is 0.0342. The van der Waals surface area contributed by atoms with Crippen molar-refractivity contribution in [1.29, 1.82) is 0 Å². The summed E-state index contributed by atoms with van der Waals surface area (Å²) in [5.74, 6) is -0.334. The summed E-state index contributed by atoms with van der Waals surface area (Å²) in [5.41, 5.74) is 7.91. The number of amides is 2. The van der Waals surface area contributed by atoms with Crippen LogP contribution in [0.5, 0.6) is 0 Å². The van der Waals surface area contributed by atoms with Crippen molar-refractivity contribution in [3.8, 4) is 11.1 Å². The Morgan fingerprint density at radius 3 is 1.84 bits per heavy atom. The quantitative estimate of drug-likeness (QED) is 0.269. The van der Waals surface area contributed by atoms with Crippen LogP contribution in [0.25, 0.3) is 11.1 Å². The number of carbonyl (C=O) groups excluding carboxylic acids is 2. The summed E-state index contributed by atoms with van der Waals surface area (Å²) in [5, 5.41) is 6.01. The van der Waals surface area contributed by atoms with Crippen molar-refractivity contribution in [3.05, 3.63) is 113 Å². The molecule has 2 fully saturated rings. The minimum Gasteiger partial charge on any atom is -0.379 e. The number of nitrogens with one attached hydrogen (secondary N) is 2. The SMILES string of the molecule is Cc1ccc(C(=O)Nc2ccc(N3CCOCC3)cc2)cc1-c1ccc(C(=O)Nc2ccc(CN3CCOCC3)cc2)cc1. The third-order valence-corrected chi connectivity index (χ3v) is 8.18. The molecule has 0 spiro atoms. The number of hydrogen-bond donors (Lipinski definition) is 2. The fourth-order valence-corrected chi connectivity index (χ4v) is 5.57. The fourth-order valence-electron chi connectivity index (χ4n) is 5.57. The summed E-state index contributed by atoms with van der Waals surface area (Å²) < 4.78 is 10.9. The van der Waals surface area contributed by atoms with E-state index >= 15 is 0 Å². The first kappa shape index (κ1) is 29.6. The van der Waals surface area contributed by atoms with Crippen LogP contribution in [0.1, 0.15) is 31.8 Å². The molecule has 0 bridgehead atoms. The van der Waals surface area contributed by atoms with Crippen molar-refractivity contribution < 1.29 is 19.1 Å². The van der Waals surface area contributed by atoms with Crippen LogP contribution in [-0.2, 0) is 16.0 Å². The van der Waals surface area contributed by atoms with E-state index in [1.807, 2.05) is 85.8 Å². The number of benzene rings is 4. The molecule has 0 aromatic heterocycles. The van der Waals surface area contributed by atoms with Gasteiger partial charge in [-0.05, 0) is 89.8 Å². The zero-order valence-electron chi connectivity index (χ0n) is 25.1. The second-order valence-corrected chi connectivity index (χ2v) is 11.2. The molecular weight excluding hydrogens is 552 g/mol. The van der Waals surface area contributed by atoms with E-state index in [0.29, 0.717) is 11.1 Å². The van der Waals surface area contributed by atoms with E-state index in [2.05, 4.69) is 32.6 Å². The molecule has 6 rings (SSSR count). The lowest BCUT2D eigenvalue weighted by Gasteiger charge is -2.28. The van der Waals surface area contributed by atoms with Gasteiger partial charge in [-0.25, -0.2) is 0 Å². The lowest BCUT2D eigenvalue weighted by atomic mass is 9.97. The van der Waals surface area contributed by atoms with Gasteiger partial charge in [0.15, 0.2) is 0 Å². The Balaban J connectivity index is 1.07. The van der Waals surface area contributed by atoms with Crippen LogP contribution in [0.4, 0.5) is 17.1 Å². The third-order valence-electron chi connectivity index (χ3n) is 8.18. The van der Waals surface area contributed by atoms with Gasteiger partial charge < -0.3 is 25.0 Å². The first-order chi connectivity index (χ1) is 21.5. The number of carbonyl (C=O) groups is 2. The van der Waals surface area contributed by atoms with Crippen molar-refractivity contribution >= 4 is 28.9 Å². The molecule has 226 valence electrons. The molecular formula is C36H38N4O4. The molecule has 0 radical (unpaired) electrons. The third kappa shape index (κ3) is 7.34. The molecule has 2 N–H and O–H groups in total. The van der Waals surface area contributed by atoms with Crippen LogP contribution in [-0.4, -0.2) is 69.3 Å². The van der Waals surface area contributed by atoms with Crippen LogP contribution >= 0.6 is 0 Å². The molecule has 4 aromatic carbocycles. The van der Waals surface area contributed by atoms with Crippen molar-refractivity contribution in [2.75, 3.05) is 68.1 Å². The number of rotatable bonds is 8. The highest BCUT2D eigenvalue weighted by Crippen LogP contribution is 2.26. The van der Waals surface area contributed by atoms with Gasteiger partial charge in [0.2, 0.25) is 0 Å². The Morgan fingerprint density at radius 2 is 1.20 bits per heavy atom. The van der Waals surface area contributed by atoms with Crippen LogP contribution < -0.4 is 15.5 Å². The minimum atomic E-state index is -0.169. The highest BCUT2D eigenvalue weighted by molar-refractivity contribution is 6.06. The van der Waals surface area contributed by atoms with Gasteiger partial charge in [-0.15, -0.1) is 0 Å². The smallest absolute Gasteiger partial charge is 0.255 e. The topological polar surface area (TPSA) is 83.1 Å². The highest BCUT2D eigenvalue weighted by Gasteiger charge is 2.14. The van der Waals surface area contributed by atoms with E-state index in [0.717, 1.165) is 92.9 Å². The Morgan fingerprint density at radius 1 is 0.659 bits per heavy atom. The first-order valence-electron chi connectivity index (χ1n) is 15.2. The van der Waals surface area contributed by atoms with E-state index in [-0.39, 0.29) is 11.8 Å². The summed E-state index contributed by atoms with van der Waals surface area (Å²) in [6, 6.07) is 29.1. The molecule has 2 aliphatic rings. The summed E-state index contributed by atoms with van der Waals surface area (Å²) in [7, 11) is 0. The Bertz CT molecular complexity index is 1570. The maximum atomic E-state index is 13.1. The summed E-state index contributed by atoms with van der Waals surface area (Å²) in [4.78, 5) is 30.7. The van der Waals surface area contributed by atoms with Gasteiger partial charge >= 0.3 is 0 Å². The van der Waals surface area contributed by atoms with Gasteiger partial charge in [-0.3, -0.25) is 14.5 Å². The van der Waals surface area contributed by atoms with Crippen LogP contribution in [0, 0.1) is 6.92 Å². The first-order valence-corrected chi connectivity index (χ1v) is 15.2. The lowest BCUT2D eigenvalue weighted by Crippen LogP contribution is -2.36. The van der Waals surface area contributed by atoms with Gasteiger partial charge in [0.05, 0.1) is 26.4 Å². The van der Waals surface area contributed by atoms with Crippen molar-refractivity contribution in [2.45, 2.75) is 13.5 Å². The molecule has 0 unspecified atom stereocenters. The molecule has 44 heavy (non-hydrogen) atoms. The standard InChI is InChI=1S/C36H38N4O4/c1-26-2-5-30(36(42)38-32-12-14-33(15-13-32)40-18-22-44-23-19-40)24-34(26)28-6-8-29(9-7-28)35(41)37-31-10-3-27(4-11-31)25-39-16-20-43-21-17-39/h2-15,24H,16-23,25H2,1H3,(H,37,41)(H,38,42). The molecule has 2 aliphatic heterocycles. The molecule has 8 nitrogen and oxygen atoms in total. The monoisotopic (exact) mass is 590 g/mol. The van der Waals surface area contributed by atoms with Crippen LogP contribution in [0.2, 0.25) is 0 Å². The van der Waals surface area contributed by atoms with Gasteiger partial charge in [-0.1, -0.05) is 30.3 Å². The zero-order valence-corrected chi connectivity index (χ0v) is 25.1. The molecule has 0 aliphatic carbocycles. The second kappa shape index (κ2) is 13.9. The molecule has 2 saturated heterocycles. The van der Waals surface area contributed by atoms with Gasteiger partial charge in [0.1, 0.15) is 0 Å². The van der Waals surface area contributed by atoms with Crippen LogP contribution in [0.15, 0.2) is 91.0 Å². The summed E-state index contributed by atoms with van der Waals surface area (Å²) in [6.07, 6.45) is 0. The Labute approximate surface area is 258 Å². The van der Waals surface area contributed by atoms with E-state index in [1.165, 1.54) is 5.56 Å². The number of ether oxygens (including phenoxy) is 2. The average Bonchev–Trinajstić information content (AvgIpc) is 3.07. The summed E-state index contributed by atoms with van der Waals surface area (Å²) >= 11 is 0. The minimum absolute atomic E-state index is 0.165. The van der Waals surface area contributed by atoms with Crippen molar-refractivity contribution in [3.63, 3.8) is 0 Å². The fraction of sp³-hybridized carbons (Fsp3) is 0.278. The number of nitrogens with zero attached hydrogens (tertiary/aromatic N) is 2. The van der Waals surface area contributed by atoms with Gasteiger partial charge in [0, 0.05) is 60.9 Å². The van der Waals surface area contributed by atoms with Crippen LogP contribution in [0.3, 0.4) is 0 Å². The van der Waals surface area contributed by atoms with E-state index in [1.54, 1.807) is 0 Å². The predicted molar refractivity (Wildman–Crippen MR) is 175 cm³/mol. The number of anilines is 3. The molecule has 0 saturated carbocycles. The molecule has 8 heteroatoms. The molecule has 4 aromatic rings. The van der Waals surface area contributed by atoms with Gasteiger partial charge in [-0.2, -0.15) is 0 Å². The molecule has 2 heterocycles. The maximum absolute atomic E-state index is 13.1. The summed E-state index contributed by atoms with van der Waals surface area (Å²) in [6.45, 7) is 9.53. The highest BCUT2D eigenvalue weighted by atomic mass is 16.5. The van der Waals surface area contributed by atoms with Crippen molar-refractivity contribution in [1.82, 2.24) is 4.90 Å². The Hall–Kier alpha value is -4.50. The second-order valence-electron chi connectivity index (χ2n) is 11.2. The predicted octanol–water partition coefficient (Wildman–Crippen LogP) is 5.84. The van der Waals surface area contributed by atoms with E-state index in [9.17, 15) is 9.59 Å². The van der Waals surface area contributed by atoms with E-state index < -0.39 is 0 Å².